The van der Waals surface area contributed by atoms with Crippen LogP contribution >= 0.6 is 0 Å². The molecule has 0 aromatic carbocycles. The zero-order valence-corrected chi connectivity index (χ0v) is 15.7. The maximum Gasteiger partial charge on any atom is 0.310 e. The van der Waals surface area contributed by atoms with E-state index in [9.17, 15) is 4.79 Å². The van der Waals surface area contributed by atoms with Crippen molar-refractivity contribution in [2.24, 2.45) is 40.4 Å². The van der Waals surface area contributed by atoms with Crippen LogP contribution in [-0.4, -0.2) is 11.6 Å². The summed E-state index contributed by atoms with van der Waals surface area (Å²) in [6.07, 6.45) is 8.35. The predicted molar refractivity (Wildman–Crippen MR) is 91.8 cm³/mol. The topological polar surface area (TPSA) is 26.3 Å². The molecule has 0 saturated heterocycles. The molecule has 0 aliphatic heterocycles. The highest BCUT2D eigenvalue weighted by molar-refractivity contribution is 5.75. The summed E-state index contributed by atoms with van der Waals surface area (Å²) in [6, 6.07) is 0. The first kappa shape index (κ1) is 16.0. The van der Waals surface area contributed by atoms with Gasteiger partial charge in [-0.15, -0.1) is 0 Å². The fourth-order valence-corrected chi connectivity index (χ4v) is 7.19. The molecule has 0 amide bonds. The van der Waals surface area contributed by atoms with E-state index in [4.69, 9.17) is 4.74 Å². The normalized spacial score (nSPS) is 53.0. The summed E-state index contributed by atoms with van der Waals surface area (Å²) in [4.78, 5) is 13.2. The lowest BCUT2D eigenvalue weighted by Gasteiger charge is -2.48. The Morgan fingerprint density at radius 2 is 1.87 bits per heavy atom. The minimum Gasteiger partial charge on any atom is -0.459 e. The average Bonchev–Trinajstić information content (AvgIpc) is 3.21. The Bertz CT molecular complexity index is 524. The van der Waals surface area contributed by atoms with Crippen molar-refractivity contribution in [1.29, 1.82) is 0 Å². The second kappa shape index (κ2) is 4.76. The van der Waals surface area contributed by atoms with Gasteiger partial charge in [0.1, 0.15) is 5.60 Å². The molecule has 23 heavy (non-hydrogen) atoms. The zero-order valence-electron chi connectivity index (χ0n) is 15.7. The van der Waals surface area contributed by atoms with Gasteiger partial charge < -0.3 is 4.74 Å². The van der Waals surface area contributed by atoms with E-state index in [-0.39, 0.29) is 28.3 Å². The first-order chi connectivity index (χ1) is 10.7. The molecule has 2 nitrogen and oxygen atoms in total. The van der Waals surface area contributed by atoms with Gasteiger partial charge in [0.05, 0.1) is 5.92 Å². The highest BCUT2D eigenvalue weighted by atomic mass is 16.6. The Labute approximate surface area is 141 Å². The Morgan fingerprint density at radius 3 is 2.35 bits per heavy atom. The molecule has 4 aliphatic carbocycles. The summed E-state index contributed by atoms with van der Waals surface area (Å²) < 4.78 is 6.37. The van der Waals surface area contributed by atoms with Crippen molar-refractivity contribution in [1.82, 2.24) is 0 Å². The molecule has 0 heterocycles. The molecule has 7 unspecified atom stereocenters. The Kier molecular flexibility index (Phi) is 3.30. The van der Waals surface area contributed by atoms with Crippen molar-refractivity contribution >= 4 is 5.97 Å². The van der Waals surface area contributed by atoms with E-state index < -0.39 is 0 Å². The first-order valence-corrected chi connectivity index (χ1v) is 9.96. The number of fused-ring (bicyclic) bond motifs is 4. The van der Waals surface area contributed by atoms with Gasteiger partial charge in [0.25, 0.3) is 0 Å². The van der Waals surface area contributed by atoms with Gasteiger partial charge in [-0.2, -0.15) is 0 Å². The minimum absolute atomic E-state index is 0.117. The van der Waals surface area contributed by atoms with Crippen LogP contribution in [0.2, 0.25) is 0 Å². The third kappa shape index (κ3) is 1.90. The maximum atomic E-state index is 13.2. The van der Waals surface area contributed by atoms with Crippen LogP contribution in [0.5, 0.6) is 0 Å². The van der Waals surface area contributed by atoms with Crippen molar-refractivity contribution in [3.63, 3.8) is 0 Å². The van der Waals surface area contributed by atoms with Gasteiger partial charge >= 0.3 is 5.97 Å². The number of rotatable bonds is 3. The minimum atomic E-state index is -0.117. The summed E-state index contributed by atoms with van der Waals surface area (Å²) in [5.74, 6) is 3.16. The average molecular weight is 319 g/mol. The molecule has 0 aromatic rings. The van der Waals surface area contributed by atoms with E-state index in [1.54, 1.807) is 0 Å². The fourth-order valence-electron chi connectivity index (χ4n) is 7.19. The van der Waals surface area contributed by atoms with Crippen molar-refractivity contribution in [3.05, 3.63) is 0 Å². The van der Waals surface area contributed by atoms with E-state index in [1.165, 1.54) is 25.7 Å². The number of ether oxygens (including phenoxy) is 1. The van der Waals surface area contributed by atoms with E-state index in [0.29, 0.717) is 11.8 Å². The van der Waals surface area contributed by atoms with Gasteiger partial charge in [0, 0.05) is 0 Å². The highest BCUT2D eigenvalue weighted by Crippen LogP contribution is 2.69. The molecular weight excluding hydrogens is 284 g/mol. The fraction of sp³-hybridized carbons (Fsp3) is 0.952. The quantitative estimate of drug-likeness (QED) is 0.668. The van der Waals surface area contributed by atoms with Crippen LogP contribution in [0, 0.1) is 40.4 Å². The molecule has 4 fully saturated rings. The Hall–Kier alpha value is -0.530. The maximum absolute atomic E-state index is 13.2. The van der Waals surface area contributed by atoms with Gasteiger partial charge in [0.2, 0.25) is 0 Å². The second-order valence-electron chi connectivity index (χ2n) is 10.1. The number of esters is 1. The monoisotopic (exact) mass is 318 g/mol. The second-order valence-corrected chi connectivity index (χ2v) is 10.1. The van der Waals surface area contributed by atoms with Gasteiger partial charge in [-0.3, -0.25) is 4.79 Å². The SMILES string of the molecule is CCC1(OC(=O)C2CC3CC2(C)C(C)(C)C3C)CC2CCC1C2. The molecule has 0 N–H and O–H groups in total. The number of carbonyl (C=O) groups excluding carboxylic acids is 1. The van der Waals surface area contributed by atoms with Crippen LogP contribution in [0.25, 0.3) is 0 Å². The van der Waals surface area contributed by atoms with Crippen molar-refractivity contribution in [2.45, 2.75) is 85.2 Å². The summed E-state index contributed by atoms with van der Waals surface area (Å²) in [6.45, 7) is 11.7. The summed E-state index contributed by atoms with van der Waals surface area (Å²) in [7, 11) is 0. The largest absolute Gasteiger partial charge is 0.459 e. The summed E-state index contributed by atoms with van der Waals surface area (Å²) >= 11 is 0. The first-order valence-electron chi connectivity index (χ1n) is 9.96. The zero-order chi connectivity index (χ0) is 16.6. The van der Waals surface area contributed by atoms with Crippen LogP contribution in [0.15, 0.2) is 0 Å². The van der Waals surface area contributed by atoms with Crippen molar-refractivity contribution < 1.29 is 9.53 Å². The van der Waals surface area contributed by atoms with Gasteiger partial charge in [-0.05, 0) is 79.4 Å². The lowest BCUT2D eigenvalue weighted by molar-refractivity contribution is -0.180. The standard InChI is InChI=1S/C21H34O2/c1-6-21(11-14-7-8-16(21)9-14)23-18(22)17-10-15-12-20(17,5)19(3,4)13(15)2/h13-17H,6-12H2,1-5H3. The molecular formula is C21H34O2. The molecule has 4 aliphatic rings. The molecule has 130 valence electrons. The summed E-state index contributed by atoms with van der Waals surface area (Å²) in [5, 5.41) is 0. The summed E-state index contributed by atoms with van der Waals surface area (Å²) in [5.41, 5.74) is 0.252. The predicted octanol–water partition coefficient (Wildman–Crippen LogP) is 5.21. The molecule has 4 saturated carbocycles. The molecule has 4 bridgehead atoms. The number of carbonyl (C=O) groups is 1. The lowest BCUT2D eigenvalue weighted by atomic mass is 9.57. The van der Waals surface area contributed by atoms with Gasteiger partial charge in [0.15, 0.2) is 0 Å². The van der Waals surface area contributed by atoms with E-state index in [0.717, 1.165) is 31.1 Å². The van der Waals surface area contributed by atoms with Gasteiger partial charge in [-0.1, -0.05) is 34.6 Å². The van der Waals surface area contributed by atoms with E-state index in [1.807, 2.05) is 0 Å². The van der Waals surface area contributed by atoms with Crippen molar-refractivity contribution in [3.8, 4) is 0 Å². The molecule has 0 radical (unpaired) electrons. The molecule has 7 atom stereocenters. The van der Waals surface area contributed by atoms with E-state index >= 15 is 0 Å². The third-order valence-corrected chi connectivity index (χ3v) is 9.42. The molecule has 2 heteroatoms. The highest BCUT2D eigenvalue weighted by Gasteiger charge is 2.66. The van der Waals surface area contributed by atoms with E-state index in [2.05, 4.69) is 34.6 Å². The Balaban J connectivity index is 1.55. The van der Waals surface area contributed by atoms with Crippen LogP contribution < -0.4 is 0 Å². The lowest BCUT2D eigenvalue weighted by Crippen LogP contribution is -2.48. The van der Waals surface area contributed by atoms with Crippen LogP contribution in [0.1, 0.15) is 79.6 Å². The van der Waals surface area contributed by atoms with Crippen molar-refractivity contribution in [2.75, 3.05) is 0 Å². The van der Waals surface area contributed by atoms with Gasteiger partial charge in [-0.25, -0.2) is 0 Å². The molecule has 0 spiro atoms. The molecule has 0 aromatic heterocycles. The van der Waals surface area contributed by atoms with Crippen LogP contribution in [0.4, 0.5) is 0 Å². The van der Waals surface area contributed by atoms with Crippen LogP contribution in [0.3, 0.4) is 0 Å². The Morgan fingerprint density at radius 1 is 1.13 bits per heavy atom. The smallest absolute Gasteiger partial charge is 0.310 e. The number of hydrogen-bond acceptors (Lipinski definition) is 2. The van der Waals surface area contributed by atoms with Crippen LogP contribution in [-0.2, 0) is 9.53 Å². The molecule has 4 rings (SSSR count). The number of hydrogen-bond donors (Lipinski definition) is 0. The third-order valence-electron chi connectivity index (χ3n) is 9.42.